The third-order valence-electron chi connectivity index (χ3n) is 5.75. The first kappa shape index (κ1) is 22.1. The van der Waals surface area contributed by atoms with E-state index in [1.807, 2.05) is 30.3 Å². The number of carbonyl (C=O) groups excluding carboxylic acids is 2. The highest BCUT2D eigenvalue weighted by Gasteiger charge is 2.30. The third-order valence-corrected chi connectivity index (χ3v) is 5.75. The van der Waals surface area contributed by atoms with Crippen LogP contribution in [0, 0.1) is 6.57 Å². The van der Waals surface area contributed by atoms with Crippen LogP contribution in [0.4, 0.5) is 4.79 Å². The first-order valence-corrected chi connectivity index (χ1v) is 10.9. The predicted octanol–water partition coefficient (Wildman–Crippen LogP) is 4.69. The molecule has 1 aliphatic carbocycles. The number of nitrogens with zero attached hydrogens (tertiary/aromatic N) is 1. The molecule has 0 aliphatic heterocycles. The normalized spacial score (nSPS) is 13.7. The lowest BCUT2D eigenvalue weighted by molar-refractivity contribution is -0.123. The molecule has 0 saturated carbocycles. The maximum Gasteiger partial charge on any atom is 0.408 e. The van der Waals surface area contributed by atoms with E-state index in [0.717, 1.165) is 22.3 Å². The Hall–Kier alpha value is -4.11. The Kier molecular flexibility index (Phi) is 6.70. The highest BCUT2D eigenvalue weighted by atomic mass is 16.5. The van der Waals surface area contributed by atoms with Gasteiger partial charge in [0.2, 0.25) is 12.5 Å². The maximum atomic E-state index is 12.9. The topological polar surface area (TPSA) is 71.8 Å². The van der Waals surface area contributed by atoms with Gasteiger partial charge in [-0.15, -0.1) is 0 Å². The van der Waals surface area contributed by atoms with E-state index in [2.05, 4.69) is 39.7 Å². The summed E-state index contributed by atoms with van der Waals surface area (Å²) in [5.41, 5.74) is 5.18. The Morgan fingerprint density at radius 3 is 2.09 bits per heavy atom. The number of hydrogen-bond donors (Lipinski definition) is 2. The molecule has 0 saturated heterocycles. The minimum Gasteiger partial charge on any atom is -0.449 e. The van der Waals surface area contributed by atoms with Gasteiger partial charge in [-0.1, -0.05) is 78.9 Å². The Morgan fingerprint density at radius 2 is 1.48 bits per heavy atom. The van der Waals surface area contributed by atoms with Crippen molar-refractivity contribution in [3.05, 3.63) is 107 Å². The van der Waals surface area contributed by atoms with Gasteiger partial charge in [0, 0.05) is 5.92 Å². The van der Waals surface area contributed by atoms with E-state index in [0.29, 0.717) is 5.56 Å². The fourth-order valence-electron chi connectivity index (χ4n) is 4.21. The van der Waals surface area contributed by atoms with E-state index in [1.54, 1.807) is 31.2 Å². The molecule has 2 N–H and O–H groups in total. The van der Waals surface area contributed by atoms with Crippen molar-refractivity contribution < 1.29 is 14.3 Å². The van der Waals surface area contributed by atoms with Gasteiger partial charge in [0.15, 0.2) is 0 Å². The number of nitrogens with one attached hydrogen (secondary N) is 2. The minimum absolute atomic E-state index is 0.0640. The number of alkyl carbamates (subject to hydrolysis) is 1. The predicted molar refractivity (Wildman–Crippen MR) is 126 cm³/mol. The van der Waals surface area contributed by atoms with E-state index in [4.69, 9.17) is 11.3 Å². The van der Waals surface area contributed by atoms with Crippen molar-refractivity contribution in [3.8, 4) is 11.1 Å². The van der Waals surface area contributed by atoms with Crippen LogP contribution < -0.4 is 10.6 Å². The number of ether oxygens (including phenoxy) is 1. The van der Waals surface area contributed by atoms with Gasteiger partial charge in [-0.3, -0.25) is 4.79 Å². The summed E-state index contributed by atoms with van der Waals surface area (Å²) in [6.45, 7) is 9.07. The van der Waals surface area contributed by atoms with Crippen LogP contribution in [-0.4, -0.2) is 31.2 Å². The lowest BCUT2D eigenvalue weighted by Crippen LogP contribution is -2.44. The molecule has 6 nitrogen and oxygen atoms in total. The molecule has 2 amide bonds. The summed E-state index contributed by atoms with van der Waals surface area (Å²) < 4.78 is 5.62. The molecular weight excluding hydrogens is 414 g/mol. The van der Waals surface area contributed by atoms with Crippen LogP contribution in [-0.2, 0) is 9.53 Å². The van der Waals surface area contributed by atoms with Crippen LogP contribution in [0.5, 0.6) is 0 Å². The number of fused-ring (bicyclic) bond motifs is 3. The molecule has 4 rings (SSSR count). The van der Waals surface area contributed by atoms with Crippen molar-refractivity contribution in [1.29, 1.82) is 0 Å². The molecule has 0 unspecified atom stereocenters. The summed E-state index contributed by atoms with van der Waals surface area (Å²) >= 11 is 0. The lowest BCUT2D eigenvalue weighted by atomic mass is 9.98. The van der Waals surface area contributed by atoms with E-state index in [-0.39, 0.29) is 31.0 Å². The summed E-state index contributed by atoms with van der Waals surface area (Å²) in [5, 5.41) is 5.49. The number of benzene rings is 3. The van der Waals surface area contributed by atoms with Crippen molar-refractivity contribution in [3.63, 3.8) is 0 Å². The zero-order chi connectivity index (χ0) is 23.2. The van der Waals surface area contributed by atoms with Crippen LogP contribution in [0.25, 0.3) is 16.0 Å². The average Bonchev–Trinajstić information content (AvgIpc) is 3.15. The molecule has 0 spiro atoms. The van der Waals surface area contributed by atoms with Crippen molar-refractivity contribution in [2.75, 3.05) is 13.2 Å². The fraction of sp³-hybridized carbons (Fsp3) is 0.222. The molecule has 0 heterocycles. The summed E-state index contributed by atoms with van der Waals surface area (Å²) in [4.78, 5) is 28.9. The molecule has 0 fully saturated rings. The number of amides is 2. The van der Waals surface area contributed by atoms with Crippen LogP contribution in [0.2, 0.25) is 0 Å². The van der Waals surface area contributed by atoms with Gasteiger partial charge in [-0.05, 0) is 34.7 Å². The Labute approximate surface area is 193 Å². The summed E-state index contributed by atoms with van der Waals surface area (Å²) in [6.07, 6.45) is -0.668. The van der Waals surface area contributed by atoms with Gasteiger partial charge >= 0.3 is 6.09 Å². The van der Waals surface area contributed by atoms with Crippen molar-refractivity contribution in [1.82, 2.24) is 10.6 Å². The summed E-state index contributed by atoms with van der Waals surface area (Å²) in [7, 11) is 0. The van der Waals surface area contributed by atoms with Gasteiger partial charge in [-0.25, -0.2) is 11.4 Å². The average molecular weight is 440 g/mol. The third kappa shape index (κ3) is 4.88. The van der Waals surface area contributed by atoms with E-state index < -0.39 is 12.1 Å². The van der Waals surface area contributed by atoms with Crippen LogP contribution in [0.15, 0.2) is 78.9 Å². The number of rotatable bonds is 7. The Morgan fingerprint density at radius 1 is 0.909 bits per heavy atom. The minimum atomic E-state index is -0.921. The number of hydrogen-bond acceptors (Lipinski definition) is 3. The molecular formula is C27H25N3O3. The van der Waals surface area contributed by atoms with Gasteiger partial charge in [-0.2, -0.15) is 0 Å². The van der Waals surface area contributed by atoms with Crippen LogP contribution >= 0.6 is 0 Å². The van der Waals surface area contributed by atoms with E-state index in [9.17, 15) is 9.59 Å². The first-order valence-electron chi connectivity index (χ1n) is 10.9. The second kappa shape index (κ2) is 10.0. The van der Waals surface area contributed by atoms with Crippen molar-refractivity contribution in [2.45, 2.75) is 24.9 Å². The SMILES string of the molecule is [C-]#[N+]C[C@H](C)NC(=O)[C@@H](NC(=O)OCC1c2ccccc2-c2ccccc21)c1ccccc1. The quantitative estimate of drug-likeness (QED) is 0.525. The lowest BCUT2D eigenvalue weighted by Gasteiger charge is -2.21. The zero-order valence-corrected chi connectivity index (χ0v) is 18.3. The van der Waals surface area contributed by atoms with Crippen molar-refractivity contribution in [2.24, 2.45) is 0 Å². The summed E-state index contributed by atoms with van der Waals surface area (Å²) in [5.74, 6) is -0.448. The molecule has 3 aromatic carbocycles. The molecule has 3 aromatic rings. The molecule has 2 atom stereocenters. The molecule has 6 heteroatoms. The standard InChI is InChI=1S/C27H25N3O3/c1-18(16-28-2)29-26(31)25(19-10-4-3-5-11-19)30-27(32)33-17-24-22-14-8-6-12-20(22)21-13-7-9-15-23(21)24/h3-15,18,24-25H,16-17H2,1H3,(H,29,31)(H,30,32)/t18-,25-/m0/s1. The Balaban J connectivity index is 1.47. The second-order valence-electron chi connectivity index (χ2n) is 8.06. The zero-order valence-electron chi connectivity index (χ0n) is 18.3. The first-order chi connectivity index (χ1) is 16.1. The van der Waals surface area contributed by atoms with Crippen LogP contribution in [0.3, 0.4) is 0 Å². The van der Waals surface area contributed by atoms with Gasteiger partial charge < -0.3 is 20.2 Å². The largest absolute Gasteiger partial charge is 0.449 e. The molecule has 0 radical (unpaired) electrons. The van der Waals surface area contributed by atoms with Gasteiger partial charge in [0.25, 0.3) is 0 Å². The monoisotopic (exact) mass is 439 g/mol. The van der Waals surface area contributed by atoms with E-state index >= 15 is 0 Å². The van der Waals surface area contributed by atoms with Crippen molar-refractivity contribution >= 4 is 12.0 Å². The molecule has 0 bridgehead atoms. The maximum absolute atomic E-state index is 12.9. The fourth-order valence-corrected chi connectivity index (χ4v) is 4.21. The summed E-state index contributed by atoms with van der Waals surface area (Å²) in [6, 6.07) is 24.0. The smallest absolute Gasteiger partial charge is 0.408 e. The van der Waals surface area contributed by atoms with Gasteiger partial charge in [0.05, 0.1) is 6.04 Å². The number of carbonyl (C=O) groups is 2. The molecule has 33 heavy (non-hydrogen) atoms. The van der Waals surface area contributed by atoms with E-state index in [1.165, 1.54) is 0 Å². The molecule has 1 aliphatic rings. The Bertz CT molecular complexity index is 1140. The molecule has 0 aromatic heterocycles. The second-order valence-corrected chi connectivity index (χ2v) is 8.06. The molecule has 166 valence electrons. The van der Waals surface area contributed by atoms with Gasteiger partial charge in [0.1, 0.15) is 12.6 Å². The van der Waals surface area contributed by atoms with Crippen LogP contribution in [0.1, 0.15) is 35.6 Å². The highest BCUT2D eigenvalue weighted by molar-refractivity contribution is 5.87. The highest BCUT2D eigenvalue weighted by Crippen LogP contribution is 2.44.